The lowest BCUT2D eigenvalue weighted by molar-refractivity contribution is -0.204. The van der Waals surface area contributed by atoms with Gasteiger partial charge in [-0.2, -0.15) is 0 Å². The molecule has 2 aromatic rings. The van der Waals surface area contributed by atoms with Gasteiger partial charge >= 0.3 is 6.09 Å². The molecule has 43 heavy (non-hydrogen) atoms. The largest absolute Gasteiger partial charge is 0.497 e. The van der Waals surface area contributed by atoms with E-state index in [4.69, 9.17) is 33.1 Å². The van der Waals surface area contributed by atoms with Crippen LogP contribution in [0.1, 0.15) is 31.9 Å². The first-order valence-corrected chi connectivity index (χ1v) is 18.1. The van der Waals surface area contributed by atoms with Gasteiger partial charge in [0.05, 0.1) is 34.0 Å². The number of hydrogen-bond acceptors (Lipinski definition) is 9. The normalized spacial score (nSPS) is 23.8. The third kappa shape index (κ3) is 8.11. The monoisotopic (exact) mass is 632 g/mol. The summed E-state index contributed by atoms with van der Waals surface area (Å²) in [6.45, 7) is 11.9. The van der Waals surface area contributed by atoms with Gasteiger partial charge in [0, 0.05) is 7.05 Å². The Morgan fingerprint density at radius 3 is 1.93 bits per heavy atom. The van der Waals surface area contributed by atoms with Crippen molar-refractivity contribution in [2.24, 2.45) is 4.99 Å². The number of carbonyl (C=O) groups is 1. The maximum absolute atomic E-state index is 11.8. The summed E-state index contributed by atoms with van der Waals surface area (Å²) in [5.74, 6) is 1.53. The molecule has 0 saturated carbocycles. The van der Waals surface area contributed by atoms with Crippen molar-refractivity contribution < 1.29 is 38.0 Å². The molecule has 2 heterocycles. The van der Waals surface area contributed by atoms with Crippen LogP contribution in [-0.4, -0.2) is 87.2 Å². The number of carboxylic acid groups (broad SMARTS) is 1. The molecule has 0 unspecified atom stereocenters. The zero-order valence-corrected chi connectivity index (χ0v) is 28.1. The van der Waals surface area contributed by atoms with E-state index in [9.17, 15) is 9.90 Å². The SMILES string of the molecule is COc1ccc(CO[C@@H]2[C@H]3N=C(N(C)C(=O)O)S[C@H]3O[C@H](CO[Si](C)(C)C(C)(C)C)[C@H]2OCc2ccc(OC)cc2)cc1. The topological polar surface area (TPSA) is 108 Å². The van der Waals surface area contributed by atoms with Gasteiger partial charge in [-0.15, -0.1) is 0 Å². The average Bonchev–Trinajstić information content (AvgIpc) is 3.41. The van der Waals surface area contributed by atoms with E-state index < -0.39 is 44.2 Å². The lowest BCUT2D eigenvalue weighted by Gasteiger charge is -2.44. The minimum atomic E-state index is -2.12. The lowest BCUT2D eigenvalue weighted by Crippen LogP contribution is -2.59. The van der Waals surface area contributed by atoms with Gasteiger partial charge in [0.1, 0.15) is 41.3 Å². The second-order valence-electron chi connectivity index (χ2n) is 12.2. The summed E-state index contributed by atoms with van der Waals surface area (Å²) in [7, 11) is 2.62. The van der Waals surface area contributed by atoms with Gasteiger partial charge in [-0.25, -0.2) is 4.79 Å². The Hall–Kier alpha value is -2.61. The van der Waals surface area contributed by atoms with E-state index in [1.165, 1.54) is 18.8 Å². The zero-order chi connectivity index (χ0) is 31.4. The number of ether oxygens (including phenoxy) is 5. The number of nitrogens with zero attached hydrogens (tertiary/aromatic N) is 2. The average molecular weight is 633 g/mol. The summed E-state index contributed by atoms with van der Waals surface area (Å²) in [5, 5.41) is 10.0. The molecule has 1 N–H and O–H groups in total. The first-order valence-electron chi connectivity index (χ1n) is 14.3. The second kappa shape index (κ2) is 14.0. The summed E-state index contributed by atoms with van der Waals surface area (Å²) < 4.78 is 37.1. The molecular formula is C31H44N2O8SSi. The van der Waals surface area contributed by atoms with Gasteiger partial charge < -0.3 is 33.2 Å². The quantitative estimate of drug-likeness (QED) is 0.298. The van der Waals surface area contributed by atoms with Crippen molar-refractivity contribution in [3.05, 3.63) is 59.7 Å². The van der Waals surface area contributed by atoms with Crippen LogP contribution < -0.4 is 9.47 Å². The first-order chi connectivity index (χ1) is 20.3. The van der Waals surface area contributed by atoms with Crippen molar-refractivity contribution in [2.75, 3.05) is 27.9 Å². The fourth-order valence-corrected chi connectivity index (χ4v) is 6.69. The zero-order valence-electron chi connectivity index (χ0n) is 26.2. The highest BCUT2D eigenvalue weighted by Gasteiger charge is 2.52. The number of hydrogen-bond donors (Lipinski definition) is 1. The Labute approximate surface area is 259 Å². The van der Waals surface area contributed by atoms with Crippen molar-refractivity contribution in [1.82, 2.24) is 4.90 Å². The van der Waals surface area contributed by atoms with Gasteiger partial charge in [0.15, 0.2) is 13.5 Å². The van der Waals surface area contributed by atoms with Crippen LogP contribution in [0, 0.1) is 0 Å². The van der Waals surface area contributed by atoms with Gasteiger partial charge in [-0.3, -0.25) is 9.89 Å². The lowest BCUT2D eigenvalue weighted by atomic mass is 9.97. The highest BCUT2D eigenvalue weighted by Crippen LogP contribution is 2.42. The number of benzene rings is 2. The van der Waals surface area contributed by atoms with Crippen LogP contribution in [0.3, 0.4) is 0 Å². The molecule has 2 aliphatic heterocycles. The van der Waals surface area contributed by atoms with Crippen LogP contribution in [0.15, 0.2) is 53.5 Å². The smallest absolute Gasteiger partial charge is 0.413 e. The Morgan fingerprint density at radius 2 is 1.47 bits per heavy atom. The Balaban J connectivity index is 1.64. The Morgan fingerprint density at radius 1 is 0.953 bits per heavy atom. The number of aliphatic imine (C=N–C) groups is 1. The number of amidine groups is 1. The number of rotatable bonds is 11. The molecule has 2 aromatic carbocycles. The van der Waals surface area contributed by atoms with Crippen molar-refractivity contribution in [3.8, 4) is 11.5 Å². The minimum Gasteiger partial charge on any atom is -0.497 e. The molecule has 0 radical (unpaired) electrons. The predicted molar refractivity (Wildman–Crippen MR) is 170 cm³/mol. The Kier molecular flexibility index (Phi) is 10.8. The highest BCUT2D eigenvalue weighted by molar-refractivity contribution is 8.14. The van der Waals surface area contributed by atoms with E-state index in [1.807, 2.05) is 48.5 Å². The minimum absolute atomic E-state index is 0.0104. The molecule has 5 atom stereocenters. The summed E-state index contributed by atoms with van der Waals surface area (Å²) in [6.07, 6.45) is -2.62. The van der Waals surface area contributed by atoms with Crippen LogP contribution in [0.5, 0.6) is 11.5 Å². The second-order valence-corrected chi connectivity index (χ2v) is 18.1. The van der Waals surface area contributed by atoms with Gasteiger partial charge in [-0.05, 0) is 53.5 Å². The number of methoxy groups -OCH3 is 2. The molecule has 1 saturated heterocycles. The van der Waals surface area contributed by atoms with Crippen molar-refractivity contribution >= 4 is 31.3 Å². The molecule has 0 aromatic heterocycles. The van der Waals surface area contributed by atoms with Crippen molar-refractivity contribution in [1.29, 1.82) is 0 Å². The molecule has 0 spiro atoms. The fourth-order valence-electron chi connectivity index (χ4n) is 4.50. The van der Waals surface area contributed by atoms with Crippen LogP contribution in [0.25, 0.3) is 0 Å². The van der Waals surface area contributed by atoms with E-state index in [1.54, 1.807) is 14.2 Å². The Bertz CT molecular complexity index is 1250. The number of fused-ring (bicyclic) bond motifs is 1. The van der Waals surface area contributed by atoms with Crippen LogP contribution in [0.2, 0.25) is 18.1 Å². The molecule has 236 valence electrons. The third-order valence-electron chi connectivity index (χ3n) is 8.29. The summed E-state index contributed by atoms with van der Waals surface area (Å²) in [4.78, 5) is 17.7. The molecule has 2 aliphatic rings. The van der Waals surface area contributed by atoms with Gasteiger partial charge in [0.25, 0.3) is 0 Å². The van der Waals surface area contributed by atoms with Gasteiger partial charge in [0.2, 0.25) is 0 Å². The molecule has 1 amide bonds. The van der Waals surface area contributed by atoms with E-state index >= 15 is 0 Å². The maximum Gasteiger partial charge on any atom is 0.413 e. The van der Waals surface area contributed by atoms with E-state index in [0.29, 0.717) is 25.0 Å². The predicted octanol–water partition coefficient (Wildman–Crippen LogP) is 6.00. The molecule has 0 aliphatic carbocycles. The van der Waals surface area contributed by atoms with Crippen LogP contribution >= 0.6 is 11.8 Å². The molecule has 1 fully saturated rings. The summed E-state index contributed by atoms with van der Waals surface area (Å²) in [5.41, 5.74) is 1.48. The van der Waals surface area contributed by atoms with Crippen molar-refractivity contribution in [3.63, 3.8) is 0 Å². The maximum atomic E-state index is 11.8. The molecule has 0 bridgehead atoms. The molecular weight excluding hydrogens is 589 g/mol. The van der Waals surface area contributed by atoms with E-state index in [0.717, 1.165) is 27.5 Å². The number of amides is 1. The standard InChI is InChI=1S/C31H44N2O8SSi/c1-31(2,3)43(7,8)40-19-24-26(38-17-20-9-13-22(36-5)14-10-20)27(39-18-21-11-15-23(37-6)16-12-21)25-28(41-24)42-29(32-25)33(4)30(34)35/h9-16,24-28H,17-19H2,1-8H3,(H,34,35)/t24-,25-,26-,27-,28-/m1/s1. The molecule has 4 rings (SSSR count). The summed E-state index contributed by atoms with van der Waals surface area (Å²) in [6, 6.07) is 14.9. The highest BCUT2D eigenvalue weighted by atomic mass is 32.2. The number of thioether (sulfide) groups is 1. The molecule has 12 heteroatoms. The molecule has 10 nitrogen and oxygen atoms in total. The van der Waals surface area contributed by atoms with Crippen LogP contribution in [0.4, 0.5) is 4.79 Å². The van der Waals surface area contributed by atoms with Gasteiger partial charge in [-0.1, -0.05) is 56.8 Å². The summed E-state index contributed by atoms with van der Waals surface area (Å²) >= 11 is 1.29. The first kappa shape index (κ1) is 33.3. The van der Waals surface area contributed by atoms with E-state index in [2.05, 4.69) is 33.9 Å². The van der Waals surface area contributed by atoms with Crippen molar-refractivity contribution in [2.45, 2.75) is 81.9 Å². The van der Waals surface area contributed by atoms with E-state index in [-0.39, 0.29) is 5.04 Å². The third-order valence-corrected chi connectivity index (χ3v) is 14.0. The fraction of sp³-hybridized carbons (Fsp3) is 0.548. The van der Waals surface area contributed by atoms with Crippen LogP contribution in [-0.2, 0) is 31.9 Å².